The standard InChI is InChI=1S/C14H18N6O.3ClH.Cr/c1-18-8-5-15-11(18)14(21-4,12-16-6-9-19(12)2)13-17-7-10-20(13)3;;;;/h5-10H,1-4H3;3*1H;/q;;;;+3/p-3. The molecule has 11 heteroatoms. The summed E-state index contributed by atoms with van der Waals surface area (Å²) in [6.45, 7) is 0. The van der Waals surface area contributed by atoms with Gasteiger partial charge in [-0.05, 0) is 0 Å². The van der Waals surface area contributed by atoms with Crippen molar-refractivity contribution in [2.24, 2.45) is 21.1 Å². The Hall–Kier alpha value is -1.01. The number of hydrogen-bond donors (Lipinski definition) is 0. The first-order valence-corrected chi connectivity index (χ1v) is 12.3. The number of rotatable bonds is 4. The van der Waals surface area contributed by atoms with E-state index in [1.54, 1.807) is 25.7 Å². The van der Waals surface area contributed by atoms with Gasteiger partial charge in [0.25, 0.3) is 0 Å². The molecule has 0 aliphatic rings. The second-order valence-corrected chi connectivity index (χ2v) is 11.5. The van der Waals surface area contributed by atoms with Crippen molar-refractivity contribution in [3.63, 3.8) is 0 Å². The van der Waals surface area contributed by atoms with Crippen LogP contribution in [-0.2, 0) is 42.9 Å². The minimum atomic E-state index is -1.62. The van der Waals surface area contributed by atoms with Crippen molar-refractivity contribution in [2.75, 3.05) is 7.11 Å². The molecule has 3 aromatic rings. The first-order valence-electron chi connectivity index (χ1n) is 7.06. The van der Waals surface area contributed by atoms with Crippen molar-refractivity contribution in [1.29, 1.82) is 0 Å². The van der Waals surface area contributed by atoms with Crippen molar-refractivity contribution in [2.45, 2.75) is 5.60 Å². The van der Waals surface area contributed by atoms with Crippen LogP contribution in [0.5, 0.6) is 0 Å². The molecule has 0 amide bonds. The van der Waals surface area contributed by atoms with Gasteiger partial charge in [-0.15, -0.1) is 0 Å². The number of ether oxygens (including phenoxy) is 1. The van der Waals surface area contributed by atoms with Crippen LogP contribution >= 0.6 is 30.1 Å². The van der Waals surface area contributed by atoms with Crippen LogP contribution in [0.4, 0.5) is 0 Å². The summed E-state index contributed by atoms with van der Waals surface area (Å²) in [5.41, 5.74) is -0.964. The first-order chi connectivity index (χ1) is 11.8. The van der Waals surface area contributed by atoms with Crippen LogP contribution in [0.15, 0.2) is 37.2 Å². The molecule has 137 valence electrons. The number of nitrogens with zero attached hydrogens (tertiary/aromatic N) is 6. The maximum absolute atomic E-state index is 5.96. The average Bonchev–Trinajstić information content (AvgIpc) is 3.25. The number of hydrogen-bond acceptors (Lipinski definition) is 4. The molecule has 0 unspecified atom stereocenters. The summed E-state index contributed by atoms with van der Waals surface area (Å²) in [6, 6.07) is 0. The molecular formula is C14H18Cl3CrN6O. The average molecular weight is 445 g/mol. The van der Waals surface area contributed by atoms with Crippen LogP contribution in [0.2, 0.25) is 0 Å². The molecule has 0 bridgehead atoms. The molecule has 0 aromatic carbocycles. The molecule has 0 fully saturated rings. The summed E-state index contributed by atoms with van der Waals surface area (Å²) < 4.78 is 11.7. The van der Waals surface area contributed by atoms with E-state index in [9.17, 15) is 0 Å². The predicted molar refractivity (Wildman–Crippen MR) is 94.1 cm³/mol. The normalized spacial score (nSPS) is 11.5. The number of aryl methyl sites for hydroxylation is 3. The summed E-state index contributed by atoms with van der Waals surface area (Å²) in [5, 5.41) is 0. The summed E-state index contributed by atoms with van der Waals surface area (Å²) >= 11 is -1.62. The quantitative estimate of drug-likeness (QED) is 0.621. The van der Waals surface area contributed by atoms with Gasteiger partial charge in [0.2, 0.25) is 5.60 Å². The second-order valence-electron chi connectivity index (χ2n) is 5.15. The molecule has 3 rings (SSSR count). The monoisotopic (exact) mass is 443 g/mol. The van der Waals surface area contributed by atoms with E-state index in [4.69, 9.17) is 34.9 Å². The summed E-state index contributed by atoms with van der Waals surface area (Å²) in [6.07, 6.45) is 10.9. The van der Waals surface area contributed by atoms with Gasteiger partial charge in [0.1, 0.15) is 0 Å². The molecule has 0 radical (unpaired) electrons. The minimum absolute atomic E-state index is 0.730. The van der Waals surface area contributed by atoms with E-state index in [-0.39, 0.29) is 0 Å². The molecule has 0 atom stereocenters. The fourth-order valence-electron chi connectivity index (χ4n) is 2.69. The fraction of sp³-hybridized carbons (Fsp3) is 0.357. The van der Waals surface area contributed by atoms with Gasteiger partial charge in [-0.1, -0.05) is 0 Å². The number of methoxy groups -OCH3 is 1. The van der Waals surface area contributed by atoms with E-state index >= 15 is 0 Å². The van der Waals surface area contributed by atoms with Crippen molar-refractivity contribution in [3.8, 4) is 0 Å². The third-order valence-electron chi connectivity index (χ3n) is 3.71. The van der Waals surface area contributed by atoms with Crippen molar-refractivity contribution >= 4 is 30.1 Å². The summed E-state index contributed by atoms with van der Waals surface area (Å²) in [5.74, 6) is 2.19. The van der Waals surface area contributed by atoms with Crippen LogP contribution in [-0.4, -0.2) is 35.8 Å². The number of aromatic nitrogens is 6. The van der Waals surface area contributed by atoms with Gasteiger partial charge in [-0.2, -0.15) is 0 Å². The van der Waals surface area contributed by atoms with Crippen LogP contribution in [0.3, 0.4) is 0 Å². The van der Waals surface area contributed by atoms with Gasteiger partial charge < -0.3 is 18.4 Å². The number of imidazole rings is 3. The third kappa shape index (κ3) is 4.05. The molecule has 7 nitrogen and oxygen atoms in total. The summed E-state index contributed by atoms with van der Waals surface area (Å²) in [7, 11) is 22.2. The fourth-order valence-corrected chi connectivity index (χ4v) is 2.69. The molecular weight excluding hydrogens is 427 g/mol. The molecule has 0 aliphatic heterocycles. The Balaban J connectivity index is 0.000000511. The van der Waals surface area contributed by atoms with Gasteiger partial charge >= 0.3 is 41.5 Å². The van der Waals surface area contributed by atoms with Crippen LogP contribution in [0, 0.1) is 0 Å². The van der Waals surface area contributed by atoms with E-state index in [2.05, 4.69) is 15.0 Å². The molecule has 0 spiro atoms. The van der Waals surface area contributed by atoms with Crippen LogP contribution in [0.25, 0.3) is 0 Å². The topological polar surface area (TPSA) is 62.7 Å². The molecule has 0 saturated heterocycles. The molecule has 3 heterocycles. The van der Waals surface area contributed by atoms with Gasteiger partial charge in [-0.25, -0.2) is 15.0 Å². The van der Waals surface area contributed by atoms with E-state index in [1.807, 2.05) is 53.4 Å². The molecule has 0 saturated carbocycles. The Morgan fingerprint density at radius 3 is 1.24 bits per heavy atom. The van der Waals surface area contributed by atoms with Crippen molar-refractivity contribution in [3.05, 3.63) is 54.7 Å². The molecule has 0 N–H and O–H groups in total. The van der Waals surface area contributed by atoms with E-state index in [0.29, 0.717) is 0 Å². The van der Waals surface area contributed by atoms with E-state index < -0.39 is 17.0 Å². The molecule has 3 aromatic heterocycles. The van der Waals surface area contributed by atoms with Crippen molar-refractivity contribution < 1.29 is 16.1 Å². The third-order valence-corrected chi connectivity index (χ3v) is 3.71. The zero-order chi connectivity index (χ0) is 18.6. The second kappa shape index (κ2) is 8.58. The van der Waals surface area contributed by atoms with Crippen LogP contribution < -0.4 is 0 Å². The molecule has 0 aliphatic carbocycles. The van der Waals surface area contributed by atoms with Gasteiger partial charge in [0.05, 0.1) is 0 Å². The number of halogens is 3. The summed E-state index contributed by atoms with van der Waals surface area (Å²) in [4.78, 5) is 13.5. The SMILES string of the molecule is COC(c1nccn1C)(c1nccn1C)c1nccn1C.[Cl][Cr]([Cl])[Cl]. The van der Waals surface area contributed by atoms with E-state index in [1.165, 1.54) is 0 Å². The molecule has 25 heavy (non-hydrogen) atoms. The van der Waals surface area contributed by atoms with Gasteiger partial charge in [0, 0.05) is 65.4 Å². The van der Waals surface area contributed by atoms with Gasteiger partial charge in [0.15, 0.2) is 17.5 Å². The zero-order valence-electron chi connectivity index (χ0n) is 14.1. The Bertz CT molecular complexity index is 714. The Labute approximate surface area is 163 Å². The Kier molecular flexibility index (Phi) is 6.97. The van der Waals surface area contributed by atoms with Gasteiger partial charge in [-0.3, -0.25) is 0 Å². The predicted octanol–water partition coefficient (Wildman–Crippen LogP) is 2.89. The van der Waals surface area contributed by atoms with E-state index in [0.717, 1.165) is 17.5 Å². The Morgan fingerprint density at radius 1 is 0.800 bits per heavy atom. The maximum atomic E-state index is 5.96. The zero-order valence-corrected chi connectivity index (χ0v) is 17.6. The van der Waals surface area contributed by atoms with Crippen molar-refractivity contribution in [1.82, 2.24) is 28.7 Å². The Morgan fingerprint density at radius 2 is 1.08 bits per heavy atom. The first kappa shape index (κ1) is 20.3. The van der Waals surface area contributed by atoms with Crippen LogP contribution in [0.1, 0.15) is 17.5 Å².